The molecule has 0 aliphatic carbocycles. The van der Waals surface area contributed by atoms with Gasteiger partial charge in [0, 0.05) is 16.7 Å². The predicted octanol–water partition coefficient (Wildman–Crippen LogP) is 2.29. The highest BCUT2D eigenvalue weighted by atomic mass is 16.1. The molecular formula is C12H12O3. The van der Waals surface area contributed by atoms with Gasteiger partial charge in [0.25, 0.3) is 0 Å². The van der Waals surface area contributed by atoms with Crippen molar-refractivity contribution in [3.05, 3.63) is 34.9 Å². The third kappa shape index (κ3) is 2.18. The van der Waals surface area contributed by atoms with Crippen molar-refractivity contribution in [1.29, 1.82) is 0 Å². The minimum Gasteiger partial charge on any atom is -0.294 e. The average molecular weight is 204 g/mol. The Bertz CT molecular complexity index is 412. The van der Waals surface area contributed by atoms with Crippen LogP contribution in [-0.2, 0) is 0 Å². The monoisotopic (exact) mass is 204 g/mol. The van der Waals surface area contributed by atoms with Crippen molar-refractivity contribution in [2.75, 3.05) is 0 Å². The van der Waals surface area contributed by atoms with Gasteiger partial charge in [-0.1, -0.05) is 18.2 Å². The normalized spacial score (nSPS) is 9.80. The third-order valence-electron chi connectivity index (χ3n) is 2.18. The minimum atomic E-state index is -0.258. The van der Waals surface area contributed by atoms with E-state index in [0.717, 1.165) is 0 Å². The van der Waals surface area contributed by atoms with Crippen molar-refractivity contribution in [3.8, 4) is 0 Å². The quantitative estimate of drug-likeness (QED) is 0.710. The topological polar surface area (TPSA) is 51.2 Å². The fraction of sp³-hybridized carbons (Fsp3) is 0.250. The summed E-state index contributed by atoms with van der Waals surface area (Å²) in [4.78, 5) is 34.0. The first-order valence-corrected chi connectivity index (χ1v) is 4.61. The van der Waals surface area contributed by atoms with Crippen LogP contribution in [0.15, 0.2) is 18.2 Å². The lowest BCUT2D eigenvalue weighted by molar-refractivity contribution is 0.0968. The van der Waals surface area contributed by atoms with E-state index in [2.05, 4.69) is 0 Å². The number of rotatable bonds is 3. The van der Waals surface area contributed by atoms with E-state index in [1.807, 2.05) is 0 Å². The van der Waals surface area contributed by atoms with Crippen molar-refractivity contribution in [1.82, 2.24) is 0 Å². The Kier molecular flexibility index (Phi) is 3.14. The van der Waals surface area contributed by atoms with Gasteiger partial charge in [-0.3, -0.25) is 14.4 Å². The van der Waals surface area contributed by atoms with Gasteiger partial charge in [-0.25, -0.2) is 0 Å². The standard InChI is InChI=1S/C12H12O3/c1-7(13)10-5-4-6-11(8(2)14)12(10)9(3)15/h4-6H,1-3H3. The Hall–Kier alpha value is -1.77. The van der Waals surface area contributed by atoms with Gasteiger partial charge in [-0.05, 0) is 20.8 Å². The number of Topliss-reactive ketones (excluding diaryl/α,β-unsaturated/α-hetero) is 3. The van der Waals surface area contributed by atoms with Crippen LogP contribution in [0.25, 0.3) is 0 Å². The molecule has 0 fully saturated rings. The lowest BCUT2D eigenvalue weighted by Gasteiger charge is -2.07. The first kappa shape index (κ1) is 11.3. The minimum absolute atomic E-state index is 0.205. The molecule has 0 atom stereocenters. The number of carbonyl (C=O) groups is 3. The summed E-state index contributed by atoms with van der Waals surface area (Å²) in [5, 5.41) is 0. The summed E-state index contributed by atoms with van der Waals surface area (Å²) in [5.41, 5.74) is 0.864. The molecule has 3 heteroatoms. The summed E-state index contributed by atoms with van der Waals surface area (Å²) < 4.78 is 0. The molecule has 0 N–H and O–H groups in total. The van der Waals surface area contributed by atoms with Crippen LogP contribution in [0.5, 0.6) is 0 Å². The van der Waals surface area contributed by atoms with Gasteiger partial charge in [0.15, 0.2) is 17.3 Å². The van der Waals surface area contributed by atoms with Crippen LogP contribution < -0.4 is 0 Å². The van der Waals surface area contributed by atoms with Crippen molar-refractivity contribution >= 4 is 17.3 Å². The predicted molar refractivity (Wildman–Crippen MR) is 56.5 cm³/mol. The first-order chi connectivity index (χ1) is 6.95. The molecule has 0 radical (unpaired) electrons. The van der Waals surface area contributed by atoms with E-state index in [4.69, 9.17) is 0 Å². The molecule has 0 aliphatic heterocycles. The van der Waals surface area contributed by atoms with Gasteiger partial charge >= 0.3 is 0 Å². The fourth-order valence-corrected chi connectivity index (χ4v) is 1.52. The van der Waals surface area contributed by atoms with Crippen LogP contribution in [0.2, 0.25) is 0 Å². The van der Waals surface area contributed by atoms with Crippen LogP contribution in [-0.4, -0.2) is 17.3 Å². The summed E-state index contributed by atoms with van der Waals surface area (Å²) in [6.45, 7) is 4.12. The molecule has 1 rings (SSSR count). The lowest BCUT2D eigenvalue weighted by Crippen LogP contribution is -2.10. The summed E-state index contributed by atoms with van der Waals surface area (Å²) in [6, 6.07) is 4.73. The maximum absolute atomic E-state index is 11.4. The highest BCUT2D eigenvalue weighted by Gasteiger charge is 2.17. The van der Waals surface area contributed by atoms with Gasteiger partial charge in [0.05, 0.1) is 0 Å². The summed E-state index contributed by atoms with van der Waals surface area (Å²) in [6.07, 6.45) is 0. The highest BCUT2D eigenvalue weighted by molar-refractivity contribution is 6.14. The highest BCUT2D eigenvalue weighted by Crippen LogP contribution is 2.17. The lowest BCUT2D eigenvalue weighted by atomic mass is 9.94. The van der Waals surface area contributed by atoms with E-state index >= 15 is 0 Å². The molecule has 0 saturated heterocycles. The van der Waals surface area contributed by atoms with E-state index in [1.165, 1.54) is 20.8 Å². The Morgan fingerprint density at radius 3 is 1.47 bits per heavy atom. The van der Waals surface area contributed by atoms with E-state index < -0.39 is 0 Å². The second kappa shape index (κ2) is 4.17. The molecule has 3 nitrogen and oxygen atoms in total. The average Bonchev–Trinajstić information content (AvgIpc) is 2.16. The van der Waals surface area contributed by atoms with Gasteiger partial charge in [0.1, 0.15) is 0 Å². The SMILES string of the molecule is CC(=O)c1cccc(C(C)=O)c1C(C)=O. The van der Waals surface area contributed by atoms with Crippen LogP contribution in [0.4, 0.5) is 0 Å². The van der Waals surface area contributed by atoms with Crippen molar-refractivity contribution in [2.45, 2.75) is 20.8 Å². The molecule has 0 unspecified atom stereocenters. The number of carbonyl (C=O) groups excluding carboxylic acids is 3. The number of hydrogen-bond donors (Lipinski definition) is 0. The molecule has 78 valence electrons. The Morgan fingerprint density at radius 2 is 1.20 bits per heavy atom. The fourth-order valence-electron chi connectivity index (χ4n) is 1.52. The molecule has 0 saturated carbocycles. The van der Waals surface area contributed by atoms with E-state index in [-0.39, 0.29) is 22.9 Å². The molecule has 15 heavy (non-hydrogen) atoms. The van der Waals surface area contributed by atoms with Gasteiger partial charge < -0.3 is 0 Å². The molecule has 0 aromatic heterocycles. The summed E-state index contributed by atoms with van der Waals surface area (Å²) in [5.74, 6) is -0.669. The third-order valence-corrected chi connectivity index (χ3v) is 2.18. The van der Waals surface area contributed by atoms with Crippen LogP contribution in [0.3, 0.4) is 0 Å². The van der Waals surface area contributed by atoms with Gasteiger partial charge in [0.2, 0.25) is 0 Å². The smallest absolute Gasteiger partial charge is 0.161 e. The summed E-state index contributed by atoms with van der Waals surface area (Å²) in [7, 11) is 0. The summed E-state index contributed by atoms with van der Waals surface area (Å²) >= 11 is 0. The molecular weight excluding hydrogens is 192 g/mol. The Balaban J connectivity index is 3.56. The Morgan fingerprint density at radius 1 is 0.800 bits per heavy atom. The number of hydrogen-bond acceptors (Lipinski definition) is 3. The van der Waals surface area contributed by atoms with E-state index in [9.17, 15) is 14.4 Å². The molecule has 0 heterocycles. The van der Waals surface area contributed by atoms with E-state index in [1.54, 1.807) is 18.2 Å². The van der Waals surface area contributed by atoms with Crippen LogP contribution >= 0.6 is 0 Å². The van der Waals surface area contributed by atoms with Crippen LogP contribution in [0, 0.1) is 0 Å². The molecule has 0 bridgehead atoms. The van der Waals surface area contributed by atoms with Crippen molar-refractivity contribution in [3.63, 3.8) is 0 Å². The maximum Gasteiger partial charge on any atom is 0.161 e. The zero-order valence-corrected chi connectivity index (χ0v) is 8.96. The molecule has 1 aromatic rings. The molecule has 0 spiro atoms. The number of benzene rings is 1. The van der Waals surface area contributed by atoms with Gasteiger partial charge in [-0.15, -0.1) is 0 Å². The maximum atomic E-state index is 11.4. The molecule has 1 aromatic carbocycles. The molecule has 0 aliphatic rings. The van der Waals surface area contributed by atoms with Crippen molar-refractivity contribution < 1.29 is 14.4 Å². The Labute approximate surface area is 88.1 Å². The van der Waals surface area contributed by atoms with Crippen molar-refractivity contribution in [2.24, 2.45) is 0 Å². The van der Waals surface area contributed by atoms with E-state index in [0.29, 0.717) is 11.1 Å². The van der Waals surface area contributed by atoms with Crippen LogP contribution in [0.1, 0.15) is 51.8 Å². The zero-order valence-electron chi connectivity index (χ0n) is 8.96. The first-order valence-electron chi connectivity index (χ1n) is 4.61. The second-order valence-electron chi connectivity index (χ2n) is 3.40. The zero-order chi connectivity index (χ0) is 11.6. The second-order valence-corrected chi connectivity index (χ2v) is 3.40. The largest absolute Gasteiger partial charge is 0.294 e. The number of ketones is 3. The van der Waals surface area contributed by atoms with Gasteiger partial charge in [-0.2, -0.15) is 0 Å². The molecule has 0 amide bonds.